The van der Waals surface area contributed by atoms with Crippen molar-refractivity contribution in [3.05, 3.63) is 95.1 Å². The summed E-state index contributed by atoms with van der Waals surface area (Å²) < 4.78 is 12.7. The number of aliphatic hydroxyl groups excluding tert-OH is 2. The van der Waals surface area contributed by atoms with Gasteiger partial charge in [-0.15, -0.1) is 0 Å². The minimum atomic E-state index is -0.467. The van der Waals surface area contributed by atoms with Gasteiger partial charge in [0.05, 0.1) is 25.4 Å². The van der Waals surface area contributed by atoms with Gasteiger partial charge in [-0.2, -0.15) is 11.8 Å². The summed E-state index contributed by atoms with van der Waals surface area (Å²) in [6, 6.07) is 24.5. The molecule has 0 bridgehead atoms. The van der Waals surface area contributed by atoms with Gasteiger partial charge in [-0.05, 0) is 33.9 Å². The second kappa shape index (κ2) is 11.8. The molecule has 1 aliphatic heterocycles. The highest BCUT2D eigenvalue weighted by atomic mass is 32.2. The van der Waals surface area contributed by atoms with E-state index in [1.807, 2.05) is 36.4 Å². The van der Waals surface area contributed by atoms with Crippen LogP contribution >= 0.6 is 11.8 Å². The number of benzene rings is 3. The molecule has 174 valence electrons. The predicted molar refractivity (Wildman–Crippen MR) is 133 cm³/mol. The maximum atomic E-state index is 9.35. The molecule has 4 rings (SSSR count). The van der Waals surface area contributed by atoms with Crippen molar-refractivity contribution in [1.29, 1.82) is 0 Å². The summed E-state index contributed by atoms with van der Waals surface area (Å²) in [5, 5.41) is 18.5. The number of ether oxygens (including phenoxy) is 2. The molecular formula is C27H31NO4S. The molecule has 0 amide bonds. The second-order valence-corrected chi connectivity index (χ2v) is 9.33. The fraction of sp³-hybridized carbons (Fsp3) is 0.333. The molecule has 3 aromatic carbocycles. The van der Waals surface area contributed by atoms with Crippen LogP contribution in [0.15, 0.2) is 72.8 Å². The summed E-state index contributed by atoms with van der Waals surface area (Å²) in [7, 11) is 0. The molecule has 3 atom stereocenters. The number of rotatable bonds is 9. The van der Waals surface area contributed by atoms with E-state index >= 15 is 0 Å². The zero-order chi connectivity index (χ0) is 23.0. The van der Waals surface area contributed by atoms with Gasteiger partial charge < -0.3 is 25.4 Å². The van der Waals surface area contributed by atoms with Crippen molar-refractivity contribution in [2.75, 3.05) is 18.1 Å². The molecule has 0 saturated carbocycles. The van der Waals surface area contributed by atoms with Crippen molar-refractivity contribution >= 4 is 11.8 Å². The first-order valence-corrected chi connectivity index (χ1v) is 12.4. The molecule has 0 aromatic heterocycles. The minimum absolute atomic E-state index is 0.0173. The fourth-order valence-electron chi connectivity index (χ4n) is 4.01. The third-order valence-electron chi connectivity index (χ3n) is 5.83. The summed E-state index contributed by atoms with van der Waals surface area (Å²) in [5.74, 6) is 1.49. The van der Waals surface area contributed by atoms with Crippen LogP contribution < -0.4 is 5.73 Å². The molecule has 6 heteroatoms. The Kier molecular flexibility index (Phi) is 8.56. The van der Waals surface area contributed by atoms with Gasteiger partial charge >= 0.3 is 0 Å². The van der Waals surface area contributed by atoms with Gasteiger partial charge in [0.1, 0.15) is 0 Å². The lowest BCUT2D eigenvalue weighted by atomic mass is 9.99. The maximum Gasteiger partial charge on any atom is 0.184 e. The fourth-order valence-corrected chi connectivity index (χ4v) is 4.79. The molecule has 1 fully saturated rings. The topological polar surface area (TPSA) is 84.9 Å². The van der Waals surface area contributed by atoms with E-state index in [1.54, 1.807) is 11.8 Å². The van der Waals surface area contributed by atoms with Crippen LogP contribution in [0.1, 0.15) is 41.1 Å². The predicted octanol–water partition coefficient (Wildman–Crippen LogP) is 4.58. The first-order valence-electron chi connectivity index (χ1n) is 11.3. The van der Waals surface area contributed by atoms with Gasteiger partial charge in [-0.1, -0.05) is 66.7 Å². The van der Waals surface area contributed by atoms with Gasteiger partial charge in [0.2, 0.25) is 0 Å². The molecule has 3 aromatic rings. The standard InChI is InChI=1S/C27H31NO4S/c28-16-20-2-1-3-24(14-20)21-8-10-23(11-9-21)27-31-25(18-33-13-12-29)15-26(32-27)22-6-4-19(17-30)5-7-22/h1-11,14,25-27,29-30H,12-13,15-18,28H2. The molecule has 33 heavy (non-hydrogen) atoms. The van der Waals surface area contributed by atoms with Crippen LogP contribution in [-0.2, 0) is 22.6 Å². The molecule has 0 radical (unpaired) electrons. The largest absolute Gasteiger partial charge is 0.396 e. The van der Waals surface area contributed by atoms with Crippen molar-refractivity contribution in [2.45, 2.75) is 38.1 Å². The van der Waals surface area contributed by atoms with Gasteiger partial charge in [0.25, 0.3) is 0 Å². The van der Waals surface area contributed by atoms with Crippen LogP contribution in [0.2, 0.25) is 0 Å². The first-order chi connectivity index (χ1) is 16.2. The lowest BCUT2D eigenvalue weighted by Crippen LogP contribution is -2.31. The third-order valence-corrected chi connectivity index (χ3v) is 6.91. The Morgan fingerprint density at radius 3 is 2.30 bits per heavy atom. The highest BCUT2D eigenvalue weighted by Crippen LogP contribution is 2.39. The normalized spacial score (nSPS) is 20.6. The molecule has 1 saturated heterocycles. The van der Waals surface area contributed by atoms with Crippen LogP contribution in [0.4, 0.5) is 0 Å². The average Bonchev–Trinajstić information content (AvgIpc) is 2.89. The number of hydrogen-bond acceptors (Lipinski definition) is 6. The maximum absolute atomic E-state index is 9.35. The number of thioether (sulfide) groups is 1. The van der Waals surface area contributed by atoms with Gasteiger partial charge in [-0.3, -0.25) is 0 Å². The van der Waals surface area contributed by atoms with E-state index in [0.29, 0.717) is 12.3 Å². The SMILES string of the molecule is NCc1cccc(-c2ccc(C3OC(CSCCO)CC(c4ccc(CO)cc4)O3)cc2)c1. The molecule has 1 heterocycles. The third kappa shape index (κ3) is 6.23. The Hall–Kier alpha value is -2.19. The molecular weight excluding hydrogens is 434 g/mol. The van der Waals surface area contributed by atoms with Gasteiger partial charge in [-0.25, -0.2) is 0 Å². The lowest BCUT2D eigenvalue weighted by molar-refractivity contribution is -0.245. The van der Waals surface area contributed by atoms with Crippen molar-refractivity contribution in [3.63, 3.8) is 0 Å². The van der Waals surface area contributed by atoms with E-state index in [4.69, 9.17) is 20.3 Å². The Morgan fingerprint density at radius 1 is 0.848 bits per heavy atom. The molecule has 0 aliphatic carbocycles. The zero-order valence-electron chi connectivity index (χ0n) is 18.6. The first kappa shape index (κ1) is 24.0. The van der Waals surface area contributed by atoms with Crippen molar-refractivity contribution < 1.29 is 19.7 Å². The summed E-state index contributed by atoms with van der Waals surface area (Å²) in [6.07, 6.45) is 0.198. The molecule has 1 aliphatic rings. The van der Waals surface area contributed by atoms with Crippen LogP contribution in [0, 0.1) is 0 Å². The number of nitrogens with two attached hydrogens (primary N) is 1. The highest BCUT2D eigenvalue weighted by Gasteiger charge is 2.32. The van der Waals surface area contributed by atoms with Crippen molar-refractivity contribution in [1.82, 2.24) is 0 Å². The summed E-state index contributed by atoms with van der Waals surface area (Å²) >= 11 is 1.69. The Labute approximate surface area is 199 Å². The van der Waals surface area contributed by atoms with E-state index in [9.17, 15) is 5.11 Å². The van der Waals surface area contributed by atoms with Crippen LogP contribution in [-0.4, -0.2) is 34.4 Å². The van der Waals surface area contributed by atoms with Crippen LogP contribution in [0.3, 0.4) is 0 Å². The number of hydrogen-bond donors (Lipinski definition) is 3. The van der Waals surface area contributed by atoms with E-state index in [2.05, 4.69) is 36.4 Å². The second-order valence-electron chi connectivity index (χ2n) is 8.18. The minimum Gasteiger partial charge on any atom is -0.396 e. The van der Waals surface area contributed by atoms with Crippen LogP contribution in [0.25, 0.3) is 11.1 Å². The molecule has 3 unspecified atom stereocenters. The molecule has 4 N–H and O–H groups in total. The summed E-state index contributed by atoms with van der Waals surface area (Å²) in [5.41, 5.74) is 12.1. The Morgan fingerprint density at radius 2 is 1.61 bits per heavy atom. The summed E-state index contributed by atoms with van der Waals surface area (Å²) in [6.45, 7) is 0.709. The Balaban J connectivity index is 1.53. The van der Waals surface area contributed by atoms with E-state index in [0.717, 1.165) is 45.6 Å². The van der Waals surface area contributed by atoms with Gasteiger partial charge in [0, 0.05) is 30.0 Å². The Bertz CT molecular complexity index is 1010. The number of aliphatic hydroxyl groups is 2. The molecule has 5 nitrogen and oxygen atoms in total. The zero-order valence-corrected chi connectivity index (χ0v) is 19.4. The van der Waals surface area contributed by atoms with Crippen molar-refractivity contribution in [2.24, 2.45) is 5.73 Å². The van der Waals surface area contributed by atoms with Crippen LogP contribution in [0.5, 0.6) is 0 Å². The smallest absolute Gasteiger partial charge is 0.184 e. The van der Waals surface area contributed by atoms with Crippen molar-refractivity contribution in [3.8, 4) is 11.1 Å². The molecule has 0 spiro atoms. The van der Waals surface area contributed by atoms with E-state index < -0.39 is 6.29 Å². The van der Waals surface area contributed by atoms with E-state index in [1.165, 1.54) is 0 Å². The quantitative estimate of drug-likeness (QED) is 0.401. The highest BCUT2D eigenvalue weighted by molar-refractivity contribution is 7.99. The summed E-state index contributed by atoms with van der Waals surface area (Å²) in [4.78, 5) is 0. The van der Waals surface area contributed by atoms with Gasteiger partial charge in [0.15, 0.2) is 6.29 Å². The average molecular weight is 466 g/mol. The van der Waals surface area contributed by atoms with E-state index in [-0.39, 0.29) is 25.4 Å². The monoisotopic (exact) mass is 465 g/mol. The lowest BCUT2D eigenvalue weighted by Gasteiger charge is -2.36.